The van der Waals surface area contributed by atoms with Crippen LogP contribution in [0.3, 0.4) is 0 Å². The molecule has 0 aromatic carbocycles. The van der Waals surface area contributed by atoms with Crippen molar-refractivity contribution in [1.82, 2.24) is 0 Å². The van der Waals surface area contributed by atoms with Crippen LogP contribution in [-0.2, 0) is 4.74 Å². The molecule has 0 aromatic heterocycles. The fraction of sp³-hybridized carbons (Fsp3) is 0.600. The van der Waals surface area contributed by atoms with E-state index in [-0.39, 0.29) is 0 Å². The topological polar surface area (TPSA) is 11.3 Å². The van der Waals surface area contributed by atoms with Crippen LogP contribution in [0.25, 0.3) is 0 Å². The number of ether oxygens (including phenoxy) is 1. The molecule has 6 heavy (non-hydrogen) atoms. The van der Waals surface area contributed by atoms with E-state index in [9.17, 15) is 0 Å². The average molecular weight is 84.1 g/mol. The van der Waals surface area contributed by atoms with Crippen LogP contribution in [0.1, 0.15) is 13.3 Å². The first-order chi connectivity index (χ1) is 2.89. The second kappa shape index (κ2) is 1.33. The Morgan fingerprint density at radius 1 is 1.83 bits per heavy atom. The number of hydrogen-bond donors (Lipinski definition) is 0. The van der Waals surface area contributed by atoms with Crippen molar-refractivity contribution in [3.63, 3.8) is 0 Å². The minimum atomic E-state index is 0.895. The van der Waals surface area contributed by atoms with E-state index in [1.807, 2.05) is 6.92 Å². The SMILES string of the molecule is CC1=CCC[O+]1. The maximum atomic E-state index is 5.01. The summed E-state index contributed by atoms with van der Waals surface area (Å²) in [6.45, 7) is 2.87. The van der Waals surface area contributed by atoms with E-state index in [0.29, 0.717) is 0 Å². The largest absolute Gasteiger partial charge is 0.312 e. The van der Waals surface area contributed by atoms with Crippen molar-refractivity contribution >= 4 is 0 Å². The van der Waals surface area contributed by atoms with Gasteiger partial charge in [0.25, 0.3) is 6.61 Å². The predicted molar refractivity (Wildman–Crippen MR) is 24.3 cm³/mol. The third kappa shape index (κ3) is 0.534. The Kier molecular flexibility index (Phi) is 0.825. The Bertz CT molecular complexity index is 74.0. The highest BCUT2D eigenvalue weighted by Gasteiger charge is 2.10. The van der Waals surface area contributed by atoms with Crippen LogP contribution in [0.15, 0.2) is 11.8 Å². The van der Waals surface area contributed by atoms with Crippen molar-refractivity contribution in [3.8, 4) is 0 Å². The second-order valence-corrected chi connectivity index (χ2v) is 1.45. The zero-order valence-corrected chi connectivity index (χ0v) is 3.90. The lowest BCUT2D eigenvalue weighted by Gasteiger charge is -1.69. The fourth-order valence-corrected chi connectivity index (χ4v) is 0.541. The molecule has 0 amide bonds. The molecule has 1 heterocycles. The molecular formula is C5H8O+. The molecule has 1 radical (unpaired) electrons. The van der Waals surface area contributed by atoms with Crippen LogP contribution in [0.4, 0.5) is 0 Å². The minimum absolute atomic E-state index is 0.895. The van der Waals surface area contributed by atoms with Gasteiger partial charge in [0, 0.05) is 6.08 Å². The number of rotatable bonds is 0. The molecule has 33 valence electrons. The van der Waals surface area contributed by atoms with Gasteiger partial charge in [-0.2, -0.15) is 0 Å². The molecule has 1 rings (SSSR count). The van der Waals surface area contributed by atoms with Crippen molar-refractivity contribution in [3.05, 3.63) is 11.8 Å². The molecule has 1 nitrogen and oxygen atoms in total. The fourth-order valence-electron chi connectivity index (χ4n) is 0.541. The Labute approximate surface area is 37.6 Å². The lowest BCUT2D eigenvalue weighted by Crippen LogP contribution is -1.76. The van der Waals surface area contributed by atoms with Gasteiger partial charge in [0.05, 0.1) is 13.3 Å². The summed E-state index contributed by atoms with van der Waals surface area (Å²) in [6, 6.07) is 0. The molecular weight excluding hydrogens is 76.1 g/mol. The molecule has 1 aliphatic rings. The normalized spacial score (nSPS) is 19.8. The van der Waals surface area contributed by atoms with E-state index < -0.39 is 0 Å². The quantitative estimate of drug-likeness (QED) is 0.403. The first-order valence-electron chi connectivity index (χ1n) is 2.19. The van der Waals surface area contributed by atoms with Crippen molar-refractivity contribution in [2.24, 2.45) is 0 Å². The van der Waals surface area contributed by atoms with Crippen LogP contribution in [0.2, 0.25) is 0 Å². The Morgan fingerprint density at radius 3 is 2.83 bits per heavy atom. The van der Waals surface area contributed by atoms with Crippen molar-refractivity contribution < 1.29 is 4.74 Å². The highest BCUT2D eigenvalue weighted by molar-refractivity contribution is 4.92. The van der Waals surface area contributed by atoms with E-state index in [0.717, 1.165) is 18.8 Å². The smallest absolute Gasteiger partial charge is 0.260 e. The third-order valence-corrected chi connectivity index (χ3v) is 0.879. The molecule has 1 heteroatoms. The standard InChI is InChI=1S/C5H8O/c1-5-3-2-4-6-5/h3H,2,4H2,1H3/q+1. The summed E-state index contributed by atoms with van der Waals surface area (Å²) >= 11 is 0. The van der Waals surface area contributed by atoms with Gasteiger partial charge >= 0.3 is 5.76 Å². The summed E-state index contributed by atoms with van der Waals surface area (Å²) in [7, 11) is 0. The Balaban J connectivity index is 2.45. The van der Waals surface area contributed by atoms with Gasteiger partial charge in [-0.1, -0.05) is 0 Å². The highest BCUT2D eigenvalue weighted by Crippen LogP contribution is 2.05. The zero-order valence-electron chi connectivity index (χ0n) is 3.90. The molecule has 0 fully saturated rings. The predicted octanol–water partition coefficient (Wildman–Crippen LogP) is 1.31. The van der Waals surface area contributed by atoms with Gasteiger partial charge in [-0.15, -0.1) is 0 Å². The van der Waals surface area contributed by atoms with E-state index in [4.69, 9.17) is 4.74 Å². The maximum Gasteiger partial charge on any atom is 0.312 e. The van der Waals surface area contributed by atoms with Crippen molar-refractivity contribution in [2.45, 2.75) is 13.3 Å². The van der Waals surface area contributed by atoms with Crippen molar-refractivity contribution in [2.75, 3.05) is 6.61 Å². The zero-order chi connectivity index (χ0) is 4.41. The summed E-state index contributed by atoms with van der Waals surface area (Å²) in [5.41, 5.74) is 0. The van der Waals surface area contributed by atoms with Gasteiger partial charge in [0.15, 0.2) is 0 Å². The monoisotopic (exact) mass is 84.1 g/mol. The Morgan fingerprint density at radius 2 is 2.67 bits per heavy atom. The third-order valence-electron chi connectivity index (χ3n) is 0.879. The summed E-state index contributed by atoms with van der Waals surface area (Å²) in [6.07, 6.45) is 3.20. The lowest BCUT2D eigenvalue weighted by molar-refractivity contribution is 0.247. The highest BCUT2D eigenvalue weighted by atomic mass is 16.5. The van der Waals surface area contributed by atoms with Gasteiger partial charge in [-0.25, -0.2) is 0 Å². The minimum Gasteiger partial charge on any atom is -0.260 e. The molecule has 0 bridgehead atoms. The van der Waals surface area contributed by atoms with Crippen LogP contribution >= 0.6 is 0 Å². The van der Waals surface area contributed by atoms with E-state index in [1.54, 1.807) is 0 Å². The number of allylic oxidation sites excluding steroid dienone is 1. The van der Waals surface area contributed by atoms with Gasteiger partial charge in [0.2, 0.25) is 0 Å². The molecule has 0 saturated carbocycles. The average Bonchev–Trinajstić information content (AvgIpc) is 1.86. The summed E-state index contributed by atoms with van der Waals surface area (Å²) < 4.78 is 5.01. The maximum absolute atomic E-state index is 5.01. The molecule has 0 N–H and O–H groups in total. The van der Waals surface area contributed by atoms with Gasteiger partial charge in [-0.05, 0) is 0 Å². The van der Waals surface area contributed by atoms with Gasteiger partial charge < -0.3 is 0 Å². The van der Waals surface area contributed by atoms with E-state index in [1.165, 1.54) is 0 Å². The van der Waals surface area contributed by atoms with E-state index >= 15 is 0 Å². The molecule has 0 atom stereocenters. The van der Waals surface area contributed by atoms with Gasteiger partial charge in [0.1, 0.15) is 0 Å². The summed E-state index contributed by atoms with van der Waals surface area (Å²) in [5, 5.41) is 0. The molecule has 0 unspecified atom stereocenters. The lowest BCUT2D eigenvalue weighted by atomic mass is 10.4. The molecule has 0 aliphatic carbocycles. The summed E-state index contributed by atoms with van der Waals surface area (Å²) in [4.78, 5) is 0. The molecule has 0 saturated heterocycles. The Hall–Kier alpha value is -0.460. The molecule has 1 aliphatic heterocycles. The van der Waals surface area contributed by atoms with Crippen molar-refractivity contribution in [1.29, 1.82) is 0 Å². The van der Waals surface area contributed by atoms with Gasteiger partial charge in [-0.3, -0.25) is 4.74 Å². The van der Waals surface area contributed by atoms with Crippen LogP contribution in [-0.4, -0.2) is 6.61 Å². The van der Waals surface area contributed by atoms with Crippen LogP contribution in [0.5, 0.6) is 0 Å². The van der Waals surface area contributed by atoms with Crippen LogP contribution < -0.4 is 0 Å². The summed E-state index contributed by atoms with van der Waals surface area (Å²) in [5.74, 6) is 1.08. The molecule has 0 spiro atoms. The first kappa shape index (κ1) is 3.72. The van der Waals surface area contributed by atoms with E-state index in [2.05, 4.69) is 6.08 Å². The number of hydrogen-bond acceptors (Lipinski definition) is 1. The molecule has 0 aromatic rings. The van der Waals surface area contributed by atoms with Crippen LogP contribution in [0, 0.1) is 0 Å². The second-order valence-electron chi connectivity index (χ2n) is 1.45. The first-order valence-corrected chi connectivity index (χ1v) is 2.19.